The maximum Gasteiger partial charge on any atom is 0.0661 e. The quantitative estimate of drug-likeness (QED) is 0.792. The van der Waals surface area contributed by atoms with E-state index in [2.05, 4.69) is 26.1 Å². The SMILES string of the molecule is CCC(C)(C)C1CCC(CO)(Nc2ccccc2Cl)CC1. The standard InChI is InChI=1S/C18H28ClNO/c1-4-17(2,3)14-9-11-18(13-21,12-10-14)20-16-8-6-5-7-15(16)19/h5-8,14,20-21H,4,9-13H2,1-3H3. The van der Waals surface area contributed by atoms with Crippen LogP contribution >= 0.6 is 11.6 Å². The monoisotopic (exact) mass is 309 g/mol. The Kier molecular flexibility index (Phi) is 5.21. The zero-order chi connectivity index (χ0) is 15.5. The summed E-state index contributed by atoms with van der Waals surface area (Å²) in [5.41, 5.74) is 1.11. The third-order valence-electron chi connectivity index (χ3n) is 5.54. The van der Waals surface area contributed by atoms with Gasteiger partial charge in [-0.1, -0.05) is 50.9 Å². The molecule has 1 aliphatic carbocycles. The van der Waals surface area contributed by atoms with Gasteiger partial charge in [0.05, 0.1) is 22.9 Å². The van der Waals surface area contributed by atoms with Crippen LogP contribution < -0.4 is 5.32 Å². The van der Waals surface area contributed by atoms with Crippen LogP contribution in [0.4, 0.5) is 5.69 Å². The summed E-state index contributed by atoms with van der Waals surface area (Å²) < 4.78 is 0. The number of halogens is 1. The molecule has 3 heteroatoms. The minimum atomic E-state index is -0.217. The van der Waals surface area contributed by atoms with Crippen LogP contribution in [0.5, 0.6) is 0 Å². The number of rotatable bonds is 5. The second kappa shape index (κ2) is 6.58. The normalized spacial score (nSPS) is 26.6. The van der Waals surface area contributed by atoms with Gasteiger partial charge in [0.25, 0.3) is 0 Å². The molecule has 2 nitrogen and oxygen atoms in total. The molecule has 0 aromatic heterocycles. The highest BCUT2D eigenvalue weighted by Crippen LogP contribution is 2.44. The Hall–Kier alpha value is -0.730. The maximum absolute atomic E-state index is 9.93. The molecule has 0 radical (unpaired) electrons. The molecular weight excluding hydrogens is 282 g/mol. The summed E-state index contributed by atoms with van der Waals surface area (Å²) in [7, 11) is 0. The molecule has 2 N–H and O–H groups in total. The summed E-state index contributed by atoms with van der Waals surface area (Å²) in [6.45, 7) is 7.17. The molecule has 0 amide bonds. The number of benzene rings is 1. The molecule has 1 aromatic carbocycles. The first-order valence-electron chi connectivity index (χ1n) is 8.06. The van der Waals surface area contributed by atoms with E-state index in [-0.39, 0.29) is 12.1 Å². The van der Waals surface area contributed by atoms with Gasteiger partial charge in [0, 0.05) is 0 Å². The Balaban J connectivity index is 2.07. The molecule has 0 aliphatic heterocycles. The van der Waals surface area contributed by atoms with Crippen molar-refractivity contribution in [2.24, 2.45) is 11.3 Å². The van der Waals surface area contributed by atoms with Crippen LogP contribution in [0.25, 0.3) is 0 Å². The molecule has 1 aliphatic rings. The zero-order valence-electron chi connectivity index (χ0n) is 13.5. The van der Waals surface area contributed by atoms with Crippen molar-refractivity contribution in [3.63, 3.8) is 0 Å². The van der Waals surface area contributed by atoms with E-state index in [0.29, 0.717) is 5.41 Å². The van der Waals surface area contributed by atoms with Gasteiger partial charge in [0.2, 0.25) is 0 Å². The molecular formula is C18H28ClNO. The Bertz CT molecular complexity index is 464. The van der Waals surface area contributed by atoms with Gasteiger partial charge in [0.15, 0.2) is 0 Å². The lowest BCUT2D eigenvalue weighted by Gasteiger charge is -2.45. The Morgan fingerprint density at radius 1 is 1.29 bits per heavy atom. The predicted molar refractivity (Wildman–Crippen MR) is 90.9 cm³/mol. The average Bonchev–Trinajstić information content (AvgIpc) is 2.50. The molecule has 0 heterocycles. The molecule has 2 rings (SSSR count). The highest BCUT2D eigenvalue weighted by atomic mass is 35.5. The average molecular weight is 310 g/mol. The Morgan fingerprint density at radius 3 is 2.43 bits per heavy atom. The first-order valence-corrected chi connectivity index (χ1v) is 8.44. The van der Waals surface area contributed by atoms with Crippen molar-refractivity contribution in [1.82, 2.24) is 0 Å². The van der Waals surface area contributed by atoms with Crippen molar-refractivity contribution >= 4 is 17.3 Å². The fourth-order valence-corrected chi connectivity index (χ4v) is 3.59. The molecule has 118 valence electrons. The number of nitrogens with one attached hydrogen (secondary N) is 1. The highest BCUT2D eigenvalue weighted by Gasteiger charge is 2.39. The molecule has 1 aromatic rings. The van der Waals surface area contributed by atoms with E-state index in [9.17, 15) is 5.11 Å². The minimum absolute atomic E-state index is 0.164. The van der Waals surface area contributed by atoms with Gasteiger partial charge in [-0.05, 0) is 49.1 Å². The largest absolute Gasteiger partial charge is 0.394 e. The zero-order valence-corrected chi connectivity index (χ0v) is 14.2. The van der Waals surface area contributed by atoms with E-state index in [4.69, 9.17) is 11.6 Å². The van der Waals surface area contributed by atoms with Crippen LogP contribution in [0.2, 0.25) is 5.02 Å². The van der Waals surface area contributed by atoms with E-state index < -0.39 is 0 Å². The summed E-state index contributed by atoms with van der Waals surface area (Å²) in [5, 5.41) is 14.2. The maximum atomic E-state index is 9.93. The summed E-state index contributed by atoms with van der Waals surface area (Å²) in [6.07, 6.45) is 5.55. The van der Waals surface area contributed by atoms with Gasteiger partial charge in [-0.3, -0.25) is 0 Å². The van der Waals surface area contributed by atoms with Gasteiger partial charge in [-0.15, -0.1) is 0 Å². The Labute approximate surface area is 133 Å². The second-order valence-electron chi connectivity index (χ2n) is 7.16. The van der Waals surface area contributed by atoms with E-state index in [1.807, 2.05) is 24.3 Å². The molecule has 1 fully saturated rings. The van der Waals surface area contributed by atoms with Crippen molar-refractivity contribution in [2.45, 2.75) is 58.4 Å². The van der Waals surface area contributed by atoms with Crippen LogP contribution in [0, 0.1) is 11.3 Å². The van der Waals surface area contributed by atoms with Crippen LogP contribution in [0.15, 0.2) is 24.3 Å². The van der Waals surface area contributed by atoms with Crippen molar-refractivity contribution in [2.75, 3.05) is 11.9 Å². The number of para-hydroxylation sites is 1. The van der Waals surface area contributed by atoms with E-state index in [1.54, 1.807) is 0 Å². The lowest BCUT2D eigenvalue weighted by Crippen LogP contribution is -2.47. The Morgan fingerprint density at radius 2 is 1.90 bits per heavy atom. The fourth-order valence-electron chi connectivity index (χ4n) is 3.41. The van der Waals surface area contributed by atoms with Crippen LogP contribution in [0.1, 0.15) is 52.9 Å². The summed E-state index contributed by atoms with van der Waals surface area (Å²) in [6, 6.07) is 7.79. The van der Waals surface area contributed by atoms with Gasteiger partial charge in [-0.25, -0.2) is 0 Å². The topological polar surface area (TPSA) is 32.3 Å². The summed E-state index contributed by atoms with van der Waals surface area (Å²) >= 11 is 6.24. The van der Waals surface area contributed by atoms with Crippen molar-refractivity contribution in [3.05, 3.63) is 29.3 Å². The van der Waals surface area contributed by atoms with Crippen LogP contribution in [-0.4, -0.2) is 17.3 Å². The third-order valence-corrected chi connectivity index (χ3v) is 5.87. The summed E-state index contributed by atoms with van der Waals surface area (Å²) in [5.74, 6) is 0.746. The van der Waals surface area contributed by atoms with Gasteiger partial charge < -0.3 is 10.4 Å². The number of aliphatic hydroxyl groups is 1. The first-order chi connectivity index (χ1) is 9.92. The first kappa shape index (κ1) is 16.6. The molecule has 0 bridgehead atoms. The van der Waals surface area contributed by atoms with Gasteiger partial charge in [-0.2, -0.15) is 0 Å². The number of hydrogen-bond donors (Lipinski definition) is 2. The van der Waals surface area contributed by atoms with Crippen molar-refractivity contribution in [3.8, 4) is 0 Å². The number of anilines is 1. The lowest BCUT2D eigenvalue weighted by atomic mass is 9.65. The fraction of sp³-hybridized carbons (Fsp3) is 0.667. The summed E-state index contributed by atoms with van der Waals surface area (Å²) in [4.78, 5) is 0. The molecule has 0 atom stereocenters. The minimum Gasteiger partial charge on any atom is -0.394 e. The van der Waals surface area contributed by atoms with E-state index >= 15 is 0 Å². The lowest BCUT2D eigenvalue weighted by molar-refractivity contribution is 0.0921. The highest BCUT2D eigenvalue weighted by molar-refractivity contribution is 6.33. The van der Waals surface area contributed by atoms with Gasteiger partial charge >= 0.3 is 0 Å². The second-order valence-corrected chi connectivity index (χ2v) is 7.57. The molecule has 0 spiro atoms. The smallest absolute Gasteiger partial charge is 0.0661 e. The molecule has 21 heavy (non-hydrogen) atoms. The van der Waals surface area contributed by atoms with Gasteiger partial charge in [0.1, 0.15) is 0 Å². The van der Waals surface area contributed by atoms with E-state index in [1.165, 1.54) is 19.3 Å². The van der Waals surface area contributed by atoms with Crippen molar-refractivity contribution < 1.29 is 5.11 Å². The van der Waals surface area contributed by atoms with E-state index in [0.717, 1.165) is 29.5 Å². The molecule has 0 unspecified atom stereocenters. The van der Waals surface area contributed by atoms with Crippen LogP contribution in [0.3, 0.4) is 0 Å². The number of aliphatic hydroxyl groups excluding tert-OH is 1. The third kappa shape index (κ3) is 3.73. The molecule has 1 saturated carbocycles. The molecule has 0 saturated heterocycles. The van der Waals surface area contributed by atoms with Crippen molar-refractivity contribution in [1.29, 1.82) is 0 Å². The number of hydrogen-bond acceptors (Lipinski definition) is 2. The van der Waals surface area contributed by atoms with Crippen LogP contribution in [-0.2, 0) is 0 Å². The predicted octanol–water partition coefficient (Wildman–Crippen LogP) is 5.11.